The van der Waals surface area contributed by atoms with Crippen molar-refractivity contribution in [1.82, 2.24) is 14.9 Å². The van der Waals surface area contributed by atoms with Crippen molar-refractivity contribution in [2.24, 2.45) is 0 Å². The van der Waals surface area contributed by atoms with Crippen molar-refractivity contribution in [1.29, 1.82) is 0 Å². The normalized spacial score (nSPS) is 17.0. The second kappa shape index (κ2) is 12.9. The number of hydrogen-bond acceptors (Lipinski definition) is 8. The Hall–Kier alpha value is -3.43. The molecule has 5 rings (SSSR count). The molecule has 0 radical (unpaired) electrons. The third kappa shape index (κ3) is 7.44. The minimum Gasteiger partial charge on any atom is -0.371 e. The van der Waals surface area contributed by atoms with Gasteiger partial charge in [-0.2, -0.15) is 18.2 Å². The molecule has 0 saturated carbocycles. The summed E-state index contributed by atoms with van der Waals surface area (Å²) >= 11 is 0. The zero-order valence-electron chi connectivity index (χ0n) is 25.7. The van der Waals surface area contributed by atoms with Crippen LogP contribution < -0.4 is 20.8 Å². The van der Waals surface area contributed by atoms with Crippen molar-refractivity contribution < 1.29 is 22.5 Å². The molecule has 236 valence electrons. The van der Waals surface area contributed by atoms with E-state index in [0.717, 1.165) is 50.9 Å². The van der Waals surface area contributed by atoms with Gasteiger partial charge >= 0.3 is 6.18 Å². The lowest BCUT2D eigenvalue weighted by atomic mass is 9.99. The van der Waals surface area contributed by atoms with Gasteiger partial charge in [0.25, 0.3) is 0 Å². The van der Waals surface area contributed by atoms with Gasteiger partial charge in [-0.1, -0.05) is 6.42 Å². The number of aromatic nitrogens is 2. The lowest BCUT2D eigenvalue weighted by Gasteiger charge is -2.41. The van der Waals surface area contributed by atoms with Gasteiger partial charge in [-0.15, -0.1) is 0 Å². The van der Waals surface area contributed by atoms with E-state index in [1.165, 1.54) is 26.2 Å². The molecule has 0 atom stereocenters. The van der Waals surface area contributed by atoms with Gasteiger partial charge in [0.2, 0.25) is 5.95 Å². The minimum atomic E-state index is -4.72. The van der Waals surface area contributed by atoms with E-state index in [1.54, 1.807) is 44.5 Å². The first-order valence-corrected chi connectivity index (χ1v) is 17.7. The van der Waals surface area contributed by atoms with Crippen LogP contribution in [0, 0.1) is 6.92 Å². The van der Waals surface area contributed by atoms with Gasteiger partial charge in [0.15, 0.2) is 5.78 Å². The molecule has 3 aromatic rings. The van der Waals surface area contributed by atoms with Crippen molar-refractivity contribution >= 4 is 47.1 Å². The quantitative estimate of drug-likeness (QED) is 0.200. The first-order chi connectivity index (χ1) is 20.8. The van der Waals surface area contributed by atoms with E-state index in [1.807, 2.05) is 12.1 Å². The predicted molar refractivity (Wildman–Crippen MR) is 171 cm³/mol. The van der Waals surface area contributed by atoms with E-state index in [-0.39, 0.29) is 11.7 Å². The molecule has 12 heteroatoms. The Balaban J connectivity index is 1.41. The van der Waals surface area contributed by atoms with Crippen LogP contribution in [0.3, 0.4) is 0 Å². The van der Waals surface area contributed by atoms with Gasteiger partial charge in [0, 0.05) is 47.6 Å². The monoisotopic (exact) mass is 628 g/mol. The number of hydrogen-bond donors (Lipinski definition) is 2. The highest BCUT2D eigenvalue weighted by atomic mass is 31.2. The van der Waals surface area contributed by atoms with Crippen molar-refractivity contribution in [3.8, 4) is 0 Å². The molecule has 2 N–H and O–H groups in total. The highest BCUT2D eigenvalue weighted by Gasteiger charge is 2.36. The molecule has 1 aromatic heterocycles. The van der Waals surface area contributed by atoms with E-state index in [0.29, 0.717) is 33.8 Å². The summed E-state index contributed by atoms with van der Waals surface area (Å²) in [4.78, 5) is 24.7. The molecule has 3 heterocycles. The van der Waals surface area contributed by atoms with Crippen LogP contribution >= 0.6 is 7.14 Å². The second-order valence-corrected chi connectivity index (χ2v) is 15.3. The Bertz CT molecular complexity index is 1560. The molecular formula is C32H40F3N6O2P. The molecule has 2 aliphatic heterocycles. The Morgan fingerprint density at radius 1 is 0.955 bits per heavy atom. The SMILES string of the molecule is CC(=O)c1ccc(Nc2ncc(C(F)(F)F)c(Nc3ccc(N4CCC(N5CCCCC5)CC4)cc3P(C)(C)=O)n2)c(C)c1. The summed E-state index contributed by atoms with van der Waals surface area (Å²) in [5, 5.41) is 6.27. The minimum absolute atomic E-state index is 0.0508. The number of halogens is 3. The smallest absolute Gasteiger partial charge is 0.371 e. The fourth-order valence-corrected chi connectivity index (χ4v) is 7.21. The number of Topliss-reactive ketones (excluding diaryl/α,β-unsaturated/α-hetero) is 1. The van der Waals surface area contributed by atoms with Gasteiger partial charge in [-0.25, -0.2) is 4.98 Å². The van der Waals surface area contributed by atoms with E-state index in [4.69, 9.17) is 0 Å². The summed E-state index contributed by atoms with van der Waals surface area (Å²) < 4.78 is 55.7. The van der Waals surface area contributed by atoms with Crippen molar-refractivity contribution in [3.63, 3.8) is 0 Å². The number of piperidine rings is 2. The van der Waals surface area contributed by atoms with E-state index >= 15 is 0 Å². The fourth-order valence-electron chi connectivity index (χ4n) is 6.06. The summed E-state index contributed by atoms with van der Waals surface area (Å²) in [6.45, 7) is 10.5. The maximum Gasteiger partial charge on any atom is 0.421 e. The number of carbonyl (C=O) groups excluding carboxylic acids is 1. The summed E-state index contributed by atoms with van der Waals surface area (Å²) in [6.07, 6.45) is 1.93. The molecular weight excluding hydrogens is 588 g/mol. The summed E-state index contributed by atoms with van der Waals surface area (Å²) in [7, 11) is -2.91. The average molecular weight is 629 g/mol. The largest absolute Gasteiger partial charge is 0.421 e. The first kappa shape index (κ1) is 32.0. The number of nitrogens with zero attached hydrogens (tertiary/aromatic N) is 4. The van der Waals surface area contributed by atoms with Crippen LogP contribution in [0.2, 0.25) is 0 Å². The molecule has 0 amide bonds. The molecule has 0 bridgehead atoms. The van der Waals surface area contributed by atoms with Gasteiger partial charge in [-0.3, -0.25) is 4.79 Å². The molecule has 0 aliphatic carbocycles. The molecule has 2 fully saturated rings. The Morgan fingerprint density at radius 3 is 2.25 bits per heavy atom. The molecule has 44 heavy (non-hydrogen) atoms. The third-order valence-corrected chi connectivity index (χ3v) is 10.1. The number of anilines is 5. The lowest BCUT2D eigenvalue weighted by Crippen LogP contribution is -2.46. The second-order valence-electron chi connectivity index (χ2n) is 12.2. The van der Waals surface area contributed by atoms with Crippen LogP contribution in [0.4, 0.5) is 42.0 Å². The maximum absolute atomic E-state index is 14.1. The van der Waals surface area contributed by atoms with E-state index < -0.39 is 24.7 Å². The molecule has 0 unspecified atom stereocenters. The first-order valence-electron chi connectivity index (χ1n) is 15.1. The highest BCUT2D eigenvalue weighted by molar-refractivity contribution is 7.70. The van der Waals surface area contributed by atoms with E-state index in [9.17, 15) is 22.5 Å². The molecule has 2 saturated heterocycles. The number of benzene rings is 2. The van der Waals surface area contributed by atoms with Crippen LogP contribution in [0.1, 0.15) is 60.5 Å². The van der Waals surface area contributed by atoms with Crippen LogP contribution in [0.5, 0.6) is 0 Å². The molecule has 8 nitrogen and oxygen atoms in total. The molecule has 2 aromatic carbocycles. The van der Waals surface area contributed by atoms with Crippen LogP contribution in [-0.2, 0) is 10.7 Å². The summed E-state index contributed by atoms with van der Waals surface area (Å²) in [5.41, 5.74) is 1.98. The number of rotatable bonds is 8. The third-order valence-electron chi connectivity index (χ3n) is 8.52. The zero-order chi connectivity index (χ0) is 31.6. The number of likely N-dealkylation sites (tertiary alicyclic amines) is 1. The van der Waals surface area contributed by atoms with Crippen LogP contribution in [-0.4, -0.2) is 66.2 Å². The van der Waals surface area contributed by atoms with Crippen LogP contribution in [0.25, 0.3) is 0 Å². The fraction of sp³-hybridized carbons (Fsp3) is 0.469. The topological polar surface area (TPSA) is 90.5 Å². The van der Waals surface area contributed by atoms with Gasteiger partial charge < -0.3 is 25.0 Å². The summed E-state index contributed by atoms with van der Waals surface area (Å²) in [6, 6.07) is 11.0. The van der Waals surface area contributed by atoms with Crippen molar-refractivity contribution in [2.75, 3.05) is 55.0 Å². The van der Waals surface area contributed by atoms with Gasteiger partial charge in [0.1, 0.15) is 18.5 Å². The predicted octanol–water partition coefficient (Wildman–Crippen LogP) is 7.20. The van der Waals surface area contributed by atoms with Crippen molar-refractivity contribution in [2.45, 2.75) is 58.2 Å². The number of aryl methyl sites for hydroxylation is 1. The number of alkyl halides is 3. The Kier molecular flexibility index (Phi) is 9.37. The Labute approximate surface area is 256 Å². The number of carbonyl (C=O) groups is 1. The highest BCUT2D eigenvalue weighted by Crippen LogP contribution is 2.42. The summed E-state index contributed by atoms with van der Waals surface area (Å²) in [5.74, 6) is -0.590. The van der Waals surface area contributed by atoms with E-state index in [2.05, 4.69) is 30.4 Å². The maximum atomic E-state index is 14.1. The standard InChI is InChI=1S/C32H40F3N6O2P/c1-21-18-23(22(2)42)8-10-27(21)38-31-36-20-26(32(33,34)35)30(39-31)37-28-11-9-25(19-29(28)44(3,4)43)41-16-12-24(13-17-41)40-14-6-5-7-15-40/h8-11,18-20,24H,5-7,12-17H2,1-4H3,(H2,36,37,38,39). The zero-order valence-corrected chi connectivity index (χ0v) is 26.6. The average Bonchev–Trinajstić information content (AvgIpc) is 2.98. The molecule has 0 spiro atoms. The Morgan fingerprint density at radius 2 is 1.64 bits per heavy atom. The number of ketones is 1. The van der Waals surface area contributed by atoms with Crippen molar-refractivity contribution in [3.05, 3.63) is 59.3 Å². The lowest BCUT2D eigenvalue weighted by molar-refractivity contribution is -0.137. The number of nitrogens with one attached hydrogen (secondary N) is 2. The molecule has 2 aliphatic rings. The van der Waals surface area contributed by atoms with Gasteiger partial charge in [0.05, 0.1) is 5.69 Å². The van der Waals surface area contributed by atoms with Crippen LogP contribution in [0.15, 0.2) is 42.6 Å². The van der Waals surface area contributed by atoms with Gasteiger partial charge in [-0.05, 0) is 108 Å².